The molecular weight excluding hydrogens is 267 g/mol. The monoisotopic (exact) mass is 281 g/mol. The van der Waals surface area contributed by atoms with Crippen LogP contribution in [-0.4, -0.2) is 11.5 Å². The van der Waals surface area contributed by atoms with E-state index in [1.165, 1.54) is 12.1 Å². The van der Waals surface area contributed by atoms with Crippen LogP contribution in [0.3, 0.4) is 0 Å². The highest BCUT2D eigenvalue weighted by Crippen LogP contribution is 2.30. The van der Waals surface area contributed by atoms with Crippen molar-refractivity contribution < 1.29 is 13.2 Å². The lowest BCUT2D eigenvalue weighted by molar-refractivity contribution is -0.137. The Morgan fingerprint density at radius 1 is 1.05 bits per heavy atom. The Bertz CT molecular complexity index is 565. The highest BCUT2D eigenvalue weighted by Gasteiger charge is 2.29. The van der Waals surface area contributed by atoms with Gasteiger partial charge in [0.1, 0.15) is 5.82 Å². The Kier molecular flexibility index (Phi) is 4.12. The third kappa shape index (κ3) is 3.63. The minimum atomic E-state index is -4.31. The van der Waals surface area contributed by atoms with Crippen molar-refractivity contribution in [2.24, 2.45) is 0 Å². The van der Waals surface area contributed by atoms with E-state index in [0.717, 1.165) is 24.4 Å². The fourth-order valence-electron chi connectivity index (χ4n) is 1.70. The Balaban J connectivity index is 2.12. The smallest absolute Gasteiger partial charge is 0.370 e. The average Bonchev–Trinajstić information content (AvgIpc) is 2.39. The number of benzene rings is 1. The first-order chi connectivity index (χ1) is 9.49. The Hall–Kier alpha value is -2.24. The summed E-state index contributed by atoms with van der Waals surface area (Å²) in [7, 11) is 0. The first-order valence-electron chi connectivity index (χ1n) is 6.13. The molecule has 1 aromatic carbocycles. The number of halogens is 3. The van der Waals surface area contributed by atoms with Crippen molar-refractivity contribution in [1.29, 1.82) is 0 Å². The van der Waals surface area contributed by atoms with E-state index in [1.807, 2.05) is 6.92 Å². The molecule has 0 aliphatic rings. The van der Waals surface area contributed by atoms with Crippen molar-refractivity contribution in [2.45, 2.75) is 13.1 Å². The third-order valence-electron chi connectivity index (χ3n) is 2.62. The summed E-state index contributed by atoms with van der Waals surface area (Å²) in [4.78, 5) is 4.12. The predicted octanol–water partition coefficient (Wildman–Crippen LogP) is 4.28. The van der Waals surface area contributed by atoms with Crippen molar-refractivity contribution >= 4 is 17.2 Å². The number of aromatic nitrogens is 1. The molecule has 1 aromatic heterocycles. The molecule has 2 rings (SSSR count). The van der Waals surface area contributed by atoms with Gasteiger partial charge < -0.3 is 10.6 Å². The molecule has 0 fully saturated rings. The first kappa shape index (κ1) is 14.2. The summed E-state index contributed by atoms with van der Waals surface area (Å²) < 4.78 is 37.3. The molecule has 0 saturated heterocycles. The van der Waals surface area contributed by atoms with Crippen LogP contribution in [-0.2, 0) is 6.18 Å². The lowest BCUT2D eigenvalue weighted by Crippen LogP contribution is -2.04. The average molecular weight is 281 g/mol. The summed E-state index contributed by atoms with van der Waals surface area (Å²) in [6.07, 6.45) is -2.68. The zero-order valence-electron chi connectivity index (χ0n) is 10.8. The second kappa shape index (κ2) is 5.81. The van der Waals surface area contributed by atoms with Gasteiger partial charge in [0.2, 0.25) is 0 Å². The van der Waals surface area contributed by atoms with Crippen molar-refractivity contribution in [1.82, 2.24) is 4.98 Å². The summed E-state index contributed by atoms with van der Waals surface area (Å²) >= 11 is 0. The van der Waals surface area contributed by atoms with Crippen molar-refractivity contribution in [3.05, 3.63) is 48.2 Å². The summed E-state index contributed by atoms with van der Waals surface area (Å²) in [5, 5.41) is 6.10. The van der Waals surface area contributed by atoms with Gasteiger partial charge in [0.05, 0.1) is 5.56 Å². The van der Waals surface area contributed by atoms with Gasteiger partial charge in [-0.2, -0.15) is 13.2 Å². The minimum absolute atomic E-state index is 0.589. The van der Waals surface area contributed by atoms with Crippen LogP contribution in [0.1, 0.15) is 12.5 Å². The maximum atomic E-state index is 12.4. The molecular formula is C14H14F3N3. The van der Waals surface area contributed by atoms with Crippen LogP contribution in [0.15, 0.2) is 42.6 Å². The maximum absolute atomic E-state index is 12.4. The molecule has 0 aliphatic heterocycles. The van der Waals surface area contributed by atoms with Gasteiger partial charge in [0.25, 0.3) is 0 Å². The van der Waals surface area contributed by atoms with Crippen molar-refractivity contribution in [3.8, 4) is 0 Å². The molecule has 3 nitrogen and oxygen atoms in total. The van der Waals surface area contributed by atoms with Crippen molar-refractivity contribution in [2.75, 3.05) is 17.2 Å². The Morgan fingerprint density at radius 2 is 1.75 bits per heavy atom. The first-order valence-corrected chi connectivity index (χ1v) is 6.13. The zero-order valence-corrected chi connectivity index (χ0v) is 10.8. The van der Waals surface area contributed by atoms with E-state index in [4.69, 9.17) is 0 Å². The number of hydrogen-bond acceptors (Lipinski definition) is 3. The highest BCUT2D eigenvalue weighted by molar-refractivity contribution is 5.62. The molecule has 0 unspecified atom stereocenters. The number of nitrogens with zero attached hydrogens (tertiary/aromatic N) is 1. The predicted molar refractivity (Wildman–Crippen MR) is 73.1 cm³/mol. The fourth-order valence-corrected chi connectivity index (χ4v) is 1.70. The van der Waals surface area contributed by atoms with Crippen LogP contribution in [0.4, 0.5) is 30.4 Å². The number of nitrogens with one attached hydrogen (secondary N) is 2. The molecule has 20 heavy (non-hydrogen) atoms. The molecule has 2 N–H and O–H groups in total. The topological polar surface area (TPSA) is 37.0 Å². The lowest BCUT2D eigenvalue weighted by atomic mass is 10.2. The van der Waals surface area contributed by atoms with Gasteiger partial charge >= 0.3 is 6.18 Å². The van der Waals surface area contributed by atoms with E-state index in [2.05, 4.69) is 15.6 Å². The van der Waals surface area contributed by atoms with E-state index in [1.54, 1.807) is 18.3 Å². The summed E-state index contributed by atoms with van der Waals surface area (Å²) in [5.41, 5.74) is 0.688. The molecule has 0 saturated carbocycles. The van der Waals surface area contributed by atoms with Gasteiger partial charge in [-0.1, -0.05) is 0 Å². The fraction of sp³-hybridized carbons (Fsp3) is 0.214. The molecule has 0 spiro atoms. The molecule has 0 amide bonds. The second-order valence-electron chi connectivity index (χ2n) is 4.16. The molecule has 6 heteroatoms. The van der Waals surface area contributed by atoms with E-state index >= 15 is 0 Å². The Morgan fingerprint density at radius 3 is 2.35 bits per heavy atom. The van der Waals surface area contributed by atoms with Gasteiger partial charge in [-0.05, 0) is 37.3 Å². The number of alkyl halides is 3. The summed E-state index contributed by atoms with van der Waals surface area (Å²) in [6, 6.07) is 8.44. The number of pyridine rings is 1. The van der Waals surface area contributed by atoms with E-state index in [-0.39, 0.29) is 0 Å². The number of anilines is 3. The standard InChI is InChI=1S/C14H14F3N3/c1-2-18-13-9-12(7-8-19-13)20-11-5-3-10(4-6-11)14(15,16)17/h3-9H,2H2,1H3,(H2,18,19,20). The number of rotatable bonds is 4. The molecule has 0 atom stereocenters. The van der Waals surface area contributed by atoms with Gasteiger partial charge in [0, 0.05) is 30.2 Å². The van der Waals surface area contributed by atoms with Crippen LogP contribution in [0, 0.1) is 0 Å². The summed E-state index contributed by atoms with van der Waals surface area (Å²) in [5.74, 6) is 0.712. The van der Waals surface area contributed by atoms with Crippen LogP contribution < -0.4 is 10.6 Å². The van der Waals surface area contributed by atoms with Crippen molar-refractivity contribution in [3.63, 3.8) is 0 Å². The van der Waals surface area contributed by atoms with Crippen LogP contribution in [0.5, 0.6) is 0 Å². The van der Waals surface area contributed by atoms with Gasteiger partial charge in [-0.3, -0.25) is 0 Å². The third-order valence-corrected chi connectivity index (χ3v) is 2.62. The van der Waals surface area contributed by atoms with E-state index in [9.17, 15) is 13.2 Å². The van der Waals surface area contributed by atoms with Gasteiger partial charge in [0.15, 0.2) is 0 Å². The quantitative estimate of drug-likeness (QED) is 0.878. The molecule has 0 aliphatic carbocycles. The zero-order chi connectivity index (χ0) is 14.6. The number of hydrogen-bond donors (Lipinski definition) is 2. The molecule has 1 heterocycles. The SMILES string of the molecule is CCNc1cc(Nc2ccc(C(F)(F)F)cc2)ccn1. The lowest BCUT2D eigenvalue weighted by Gasteiger charge is -2.10. The van der Waals surface area contributed by atoms with E-state index in [0.29, 0.717) is 11.5 Å². The molecule has 0 bridgehead atoms. The van der Waals surface area contributed by atoms with Crippen LogP contribution >= 0.6 is 0 Å². The largest absolute Gasteiger partial charge is 0.416 e. The van der Waals surface area contributed by atoms with Crippen LogP contribution in [0.2, 0.25) is 0 Å². The molecule has 0 radical (unpaired) electrons. The maximum Gasteiger partial charge on any atom is 0.416 e. The highest BCUT2D eigenvalue weighted by atomic mass is 19.4. The minimum Gasteiger partial charge on any atom is -0.370 e. The summed E-state index contributed by atoms with van der Waals surface area (Å²) in [6.45, 7) is 2.70. The van der Waals surface area contributed by atoms with E-state index < -0.39 is 11.7 Å². The second-order valence-corrected chi connectivity index (χ2v) is 4.16. The van der Waals surface area contributed by atoms with Crippen LogP contribution in [0.25, 0.3) is 0 Å². The molecule has 106 valence electrons. The Labute approximate surface area is 114 Å². The van der Waals surface area contributed by atoms with Gasteiger partial charge in [-0.25, -0.2) is 4.98 Å². The normalized spacial score (nSPS) is 11.2. The van der Waals surface area contributed by atoms with Gasteiger partial charge in [-0.15, -0.1) is 0 Å². The molecule has 2 aromatic rings.